The molecule has 1 fully saturated rings. The number of carbonyl (C=O) groups excluding carboxylic acids is 1. The Morgan fingerprint density at radius 2 is 1.90 bits per heavy atom. The van der Waals surface area contributed by atoms with Crippen LogP contribution in [0.4, 0.5) is 16.2 Å². The molecule has 0 spiro atoms. The van der Waals surface area contributed by atoms with Gasteiger partial charge in [-0.15, -0.1) is 0 Å². The Bertz CT molecular complexity index is 513. The SMILES string of the molecule is CNC1CCC(NC(=O)Nc2cccc([N+](=O)[O-])c2)CC1. The second-order valence-electron chi connectivity index (χ2n) is 5.24. The maximum atomic E-state index is 11.9. The lowest BCUT2D eigenvalue weighted by Crippen LogP contribution is -2.43. The van der Waals surface area contributed by atoms with Crippen molar-refractivity contribution >= 4 is 17.4 Å². The van der Waals surface area contributed by atoms with Gasteiger partial charge in [0.05, 0.1) is 4.92 Å². The van der Waals surface area contributed by atoms with E-state index in [9.17, 15) is 14.9 Å². The highest BCUT2D eigenvalue weighted by atomic mass is 16.6. The van der Waals surface area contributed by atoms with Crippen LogP contribution < -0.4 is 16.0 Å². The van der Waals surface area contributed by atoms with Gasteiger partial charge in [-0.2, -0.15) is 0 Å². The van der Waals surface area contributed by atoms with Crippen molar-refractivity contribution in [3.05, 3.63) is 34.4 Å². The van der Waals surface area contributed by atoms with E-state index in [0.29, 0.717) is 11.7 Å². The largest absolute Gasteiger partial charge is 0.335 e. The summed E-state index contributed by atoms with van der Waals surface area (Å²) >= 11 is 0. The smallest absolute Gasteiger partial charge is 0.319 e. The molecular weight excluding hydrogens is 272 g/mol. The zero-order chi connectivity index (χ0) is 15.2. The molecule has 21 heavy (non-hydrogen) atoms. The molecule has 0 heterocycles. The number of nitro groups is 1. The molecule has 1 aromatic rings. The highest BCUT2D eigenvalue weighted by Gasteiger charge is 2.21. The number of hydrogen-bond donors (Lipinski definition) is 3. The van der Waals surface area contributed by atoms with E-state index in [1.54, 1.807) is 12.1 Å². The van der Waals surface area contributed by atoms with Gasteiger partial charge in [0.1, 0.15) is 0 Å². The van der Waals surface area contributed by atoms with Crippen molar-refractivity contribution in [2.24, 2.45) is 0 Å². The molecule has 3 N–H and O–H groups in total. The Morgan fingerprint density at radius 3 is 2.52 bits per heavy atom. The number of hydrogen-bond acceptors (Lipinski definition) is 4. The van der Waals surface area contributed by atoms with Crippen molar-refractivity contribution in [1.82, 2.24) is 10.6 Å². The van der Waals surface area contributed by atoms with E-state index in [0.717, 1.165) is 25.7 Å². The van der Waals surface area contributed by atoms with Crippen molar-refractivity contribution < 1.29 is 9.72 Å². The predicted octanol–water partition coefficient (Wildman–Crippen LogP) is 2.25. The number of anilines is 1. The van der Waals surface area contributed by atoms with Crippen LogP contribution in [-0.2, 0) is 0 Å². The van der Waals surface area contributed by atoms with Gasteiger partial charge in [-0.25, -0.2) is 4.79 Å². The normalized spacial score (nSPS) is 21.6. The Balaban J connectivity index is 1.85. The molecule has 114 valence electrons. The molecule has 7 heteroatoms. The number of urea groups is 1. The monoisotopic (exact) mass is 292 g/mol. The maximum absolute atomic E-state index is 11.9. The van der Waals surface area contributed by atoms with Gasteiger partial charge in [0.25, 0.3) is 5.69 Å². The molecule has 0 atom stereocenters. The number of amides is 2. The number of nitrogens with one attached hydrogen (secondary N) is 3. The summed E-state index contributed by atoms with van der Waals surface area (Å²) in [5.74, 6) is 0. The summed E-state index contributed by atoms with van der Waals surface area (Å²) in [5, 5.41) is 19.5. The molecule has 1 saturated carbocycles. The third kappa shape index (κ3) is 4.42. The van der Waals surface area contributed by atoms with Gasteiger partial charge in [-0.1, -0.05) is 6.07 Å². The van der Waals surface area contributed by atoms with Crippen LogP contribution in [0.3, 0.4) is 0 Å². The summed E-state index contributed by atoms with van der Waals surface area (Å²) in [5.41, 5.74) is 0.382. The lowest BCUT2D eigenvalue weighted by molar-refractivity contribution is -0.384. The molecular formula is C14H20N4O3. The van der Waals surface area contributed by atoms with Crippen LogP contribution in [0.25, 0.3) is 0 Å². The Labute approximate surface area is 123 Å². The molecule has 7 nitrogen and oxygen atoms in total. The zero-order valence-corrected chi connectivity index (χ0v) is 12.0. The van der Waals surface area contributed by atoms with Crippen LogP contribution in [0.5, 0.6) is 0 Å². The van der Waals surface area contributed by atoms with Crippen LogP contribution in [-0.4, -0.2) is 30.1 Å². The Hall–Kier alpha value is -2.15. The Morgan fingerprint density at radius 1 is 1.24 bits per heavy atom. The van der Waals surface area contributed by atoms with Crippen molar-refractivity contribution in [1.29, 1.82) is 0 Å². The van der Waals surface area contributed by atoms with Crippen molar-refractivity contribution in [3.8, 4) is 0 Å². The first-order valence-corrected chi connectivity index (χ1v) is 7.07. The summed E-state index contributed by atoms with van der Waals surface area (Å²) in [6.45, 7) is 0. The molecule has 0 radical (unpaired) electrons. The summed E-state index contributed by atoms with van der Waals surface area (Å²) in [6, 6.07) is 6.29. The summed E-state index contributed by atoms with van der Waals surface area (Å²) in [4.78, 5) is 22.1. The van der Waals surface area contributed by atoms with E-state index in [1.165, 1.54) is 12.1 Å². The number of carbonyl (C=O) groups is 1. The predicted molar refractivity (Wildman–Crippen MR) is 80.4 cm³/mol. The van der Waals surface area contributed by atoms with Crippen LogP contribution in [0.15, 0.2) is 24.3 Å². The van der Waals surface area contributed by atoms with Crippen molar-refractivity contribution in [2.45, 2.75) is 37.8 Å². The standard InChI is InChI=1S/C14H20N4O3/c1-15-10-5-7-11(8-6-10)16-14(19)17-12-3-2-4-13(9-12)18(20)21/h2-4,9-11,15H,5-8H2,1H3,(H2,16,17,19). The number of nitro benzene ring substituents is 1. The number of non-ortho nitro benzene ring substituents is 1. The lowest BCUT2D eigenvalue weighted by Gasteiger charge is -2.28. The molecule has 0 aliphatic heterocycles. The first kappa shape index (κ1) is 15.2. The molecule has 1 aliphatic rings. The van der Waals surface area contributed by atoms with Gasteiger partial charge in [0, 0.05) is 29.9 Å². The van der Waals surface area contributed by atoms with E-state index in [4.69, 9.17) is 0 Å². The van der Waals surface area contributed by atoms with E-state index in [-0.39, 0.29) is 17.8 Å². The average Bonchev–Trinajstić information content (AvgIpc) is 2.48. The first-order valence-electron chi connectivity index (χ1n) is 7.07. The molecule has 0 saturated heterocycles. The molecule has 0 bridgehead atoms. The Kier molecular flexibility index (Phi) is 5.10. The summed E-state index contributed by atoms with van der Waals surface area (Å²) in [6.07, 6.45) is 3.96. The second-order valence-corrected chi connectivity index (χ2v) is 5.24. The van der Waals surface area contributed by atoms with E-state index < -0.39 is 4.92 Å². The topological polar surface area (TPSA) is 96.3 Å². The fraction of sp³-hybridized carbons (Fsp3) is 0.500. The molecule has 1 aliphatic carbocycles. The molecule has 2 rings (SSSR count). The minimum absolute atomic E-state index is 0.0395. The maximum Gasteiger partial charge on any atom is 0.319 e. The van der Waals surface area contributed by atoms with Gasteiger partial charge in [-0.05, 0) is 38.8 Å². The summed E-state index contributed by atoms with van der Waals surface area (Å²) < 4.78 is 0. The van der Waals surface area contributed by atoms with Crippen LogP contribution in [0.2, 0.25) is 0 Å². The number of rotatable bonds is 4. The first-order chi connectivity index (χ1) is 10.1. The van der Waals surface area contributed by atoms with Crippen LogP contribution in [0.1, 0.15) is 25.7 Å². The summed E-state index contributed by atoms with van der Waals surface area (Å²) in [7, 11) is 1.95. The minimum atomic E-state index is -0.484. The van der Waals surface area contributed by atoms with E-state index in [2.05, 4.69) is 16.0 Å². The van der Waals surface area contributed by atoms with Gasteiger partial charge in [0.15, 0.2) is 0 Å². The van der Waals surface area contributed by atoms with Crippen LogP contribution in [0, 0.1) is 10.1 Å². The van der Waals surface area contributed by atoms with Crippen molar-refractivity contribution in [3.63, 3.8) is 0 Å². The zero-order valence-electron chi connectivity index (χ0n) is 12.0. The van der Waals surface area contributed by atoms with Gasteiger partial charge >= 0.3 is 6.03 Å². The minimum Gasteiger partial charge on any atom is -0.335 e. The lowest BCUT2D eigenvalue weighted by atomic mass is 9.91. The van der Waals surface area contributed by atoms with Crippen molar-refractivity contribution in [2.75, 3.05) is 12.4 Å². The molecule has 2 amide bonds. The van der Waals surface area contributed by atoms with Crippen LogP contribution >= 0.6 is 0 Å². The van der Waals surface area contributed by atoms with Gasteiger partial charge in [0.2, 0.25) is 0 Å². The third-order valence-electron chi connectivity index (χ3n) is 3.79. The molecule has 1 aromatic carbocycles. The average molecular weight is 292 g/mol. The highest BCUT2D eigenvalue weighted by Crippen LogP contribution is 2.19. The highest BCUT2D eigenvalue weighted by molar-refractivity contribution is 5.89. The molecule has 0 unspecified atom stereocenters. The molecule has 0 aromatic heterocycles. The fourth-order valence-corrected chi connectivity index (χ4v) is 2.58. The number of benzene rings is 1. The third-order valence-corrected chi connectivity index (χ3v) is 3.79. The van der Waals surface area contributed by atoms with E-state index >= 15 is 0 Å². The van der Waals surface area contributed by atoms with Gasteiger partial charge in [-0.3, -0.25) is 10.1 Å². The number of nitrogens with zero attached hydrogens (tertiary/aromatic N) is 1. The van der Waals surface area contributed by atoms with Gasteiger partial charge < -0.3 is 16.0 Å². The second kappa shape index (κ2) is 7.03. The fourth-order valence-electron chi connectivity index (χ4n) is 2.58. The van der Waals surface area contributed by atoms with E-state index in [1.807, 2.05) is 7.05 Å². The quantitative estimate of drug-likeness (QED) is 0.585.